The normalized spacial score (nSPS) is 17.0. The van der Waals surface area contributed by atoms with Crippen molar-refractivity contribution in [1.82, 2.24) is 15.5 Å². The molecule has 0 radical (unpaired) electrons. The average Bonchev–Trinajstić information content (AvgIpc) is 2.38. The number of carbonyl (C=O) groups is 3. The number of carboxylic acid groups (broad SMARTS) is 1. The van der Waals surface area contributed by atoms with E-state index in [2.05, 4.69) is 10.6 Å². The molecule has 1 atom stereocenters. The van der Waals surface area contributed by atoms with E-state index in [1.54, 1.807) is 18.7 Å². The second-order valence-corrected chi connectivity index (χ2v) is 5.08. The maximum Gasteiger partial charge on any atom is 0.409 e. The van der Waals surface area contributed by atoms with Crippen molar-refractivity contribution in [3.05, 3.63) is 0 Å². The number of hydrogen-bond donors (Lipinski definition) is 3. The van der Waals surface area contributed by atoms with Crippen LogP contribution in [0.2, 0.25) is 0 Å². The Kier molecular flexibility index (Phi) is 6.77. The molecule has 1 aliphatic rings. The zero-order chi connectivity index (χ0) is 15.8. The van der Waals surface area contributed by atoms with E-state index in [1.807, 2.05) is 0 Å². The fourth-order valence-corrected chi connectivity index (χ4v) is 2.18. The molecule has 21 heavy (non-hydrogen) atoms. The second kappa shape index (κ2) is 8.33. The molecule has 0 spiro atoms. The van der Waals surface area contributed by atoms with Gasteiger partial charge in [0.25, 0.3) is 0 Å². The lowest BCUT2D eigenvalue weighted by Gasteiger charge is -2.31. The Bertz CT molecular complexity index is 380. The smallest absolute Gasteiger partial charge is 0.409 e. The van der Waals surface area contributed by atoms with Gasteiger partial charge in [0, 0.05) is 25.2 Å². The monoisotopic (exact) mass is 301 g/mol. The maximum atomic E-state index is 11.7. The van der Waals surface area contributed by atoms with Gasteiger partial charge in [-0.25, -0.2) is 9.59 Å². The highest BCUT2D eigenvalue weighted by molar-refractivity contribution is 5.76. The van der Waals surface area contributed by atoms with Crippen LogP contribution in [0.15, 0.2) is 0 Å². The molecule has 0 aromatic heterocycles. The van der Waals surface area contributed by atoms with Gasteiger partial charge in [0.15, 0.2) is 0 Å². The molecular weight excluding hydrogens is 278 g/mol. The molecule has 0 bridgehead atoms. The van der Waals surface area contributed by atoms with E-state index in [0.29, 0.717) is 32.5 Å². The van der Waals surface area contributed by atoms with Crippen LogP contribution in [0.5, 0.6) is 0 Å². The lowest BCUT2D eigenvalue weighted by Crippen LogP contribution is -2.50. The summed E-state index contributed by atoms with van der Waals surface area (Å²) in [5.74, 6) is -0.953. The van der Waals surface area contributed by atoms with Crippen LogP contribution in [0.3, 0.4) is 0 Å². The van der Waals surface area contributed by atoms with Gasteiger partial charge in [-0.15, -0.1) is 0 Å². The quantitative estimate of drug-likeness (QED) is 0.695. The number of ether oxygens (including phenoxy) is 1. The number of piperidine rings is 1. The molecule has 0 aliphatic carbocycles. The number of hydrogen-bond acceptors (Lipinski definition) is 4. The van der Waals surface area contributed by atoms with Crippen molar-refractivity contribution in [2.45, 2.75) is 45.2 Å². The topological polar surface area (TPSA) is 108 Å². The van der Waals surface area contributed by atoms with Gasteiger partial charge in [-0.3, -0.25) is 4.79 Å². The lowest BCUT2D eigenvalue weighted by molar-refractivity contribution is -0.137. The Hall–Kier alpha value is -1.99. The molecule has 1 heterocycles. The summed E-state index contributed by atoms with van der Waals surface area (Å²) >= 11 is 0. The van der Waals surface area contributed by atoms with Gasteiger partial charge in [0.05, 0.1) is 13.0 Å². The molecule has 8 nitrogen and oxygen atoms in total. The highest BCUT2D eigenvalue weighted by atomic mass is 16.6. The number of aliphatic carboxylic acids is 1. The minimum Gasteiger partial charge on any atom is -0.481 e. The third-order valence-electron chi connectivity index (χ3n) is 3.21. The van der Waals surface area contributed by atoms with Gasteiger partial charge in [-0.2, -0.15) is 0 Å². The van der Waals surface area contributed by atoms with Crippen molar-refractivity contribution in [3.8, 4) is 0 Å². The van der Waals surface area contributed by atoms with Crippen molar-refractivity contribution in [2.75, 3.05) is 19.7 Å². The molecule has 1 fully saturated rings. The molecule has 8 heteroatoms. The van der Waals surface area contributed by atoms with Gasteiger partial charge >= 0.3 is 18.1 Å². The average molecular weight is 301 g/mol. The third kappa shape index (κ3) is 6.33. The Morgan fingerprint density at radius 1 is 1.33 bits per heavy atom. The van der Waals surface area contributed by atoms with Gasteiger partial charge in [0.1, 0.15) is 0 Å². The van der Waals surface area contributed by atoms with E-state index in [1.165, 1.54) is 0 Å². The van der Waals surface area contributed by atoms with Crippen LogP contribution in [0, 0.1) is 0 Å². The van der Waals surface area contributed by atoms with E-state index >= 15 is 0 Å². The summed E-state index contributed by atoms with van der Waals surface area (Å²) in [7, 11) is 0. The summed E-state index contributed by atoms with van der Waals surface area (Å²) < 4.78 is 4.92. The standard InChI is InChI=1S/C13H23N3O5/c1-3-21-13(20)16-6-4-10(5-7-16)15-12(19)14-9(2)8-11(17)18/h9-10H,3-8H2,1-2H3,(H,17,18)(H2,14,15,19). The van der Waals surface area contributed by atoms with E-state index in [0.717, 1.165) is 0 Å². The van der Waals surface area contributed by atoms with Crippen LogP contribution in [0.1, 0.15) is 33.1 Å². The highest BCUT2D eigenvalue weighted by Crippen LogP contribution is 2.11. The Labute approximate surface area is 123 Å². The molecule has 3 N–H and O–H groups in total. The molecule has 1 saturated heterocycles. The molecule has 1 aliphatic heterocycles. The van der Waals surface area contributed by atoms with Crippen molar-refractivity contribution in [2.24, 2.45) is 0 Å². The fourth-order valence-electron chi connectivity index (χ4n) is 2.18. The van der Waals surface area contributed by atoms with Gasteiger partial charge in [-0.05, 0) is 26.7 Å². The minimum atomic E-state index is -0.953. The summed E-state index contributed by atoms with van der Waals surface area (Å²) in [6.07, 6.45) is 0.865. The third-order valence-corrected chi connectivity index (χ3v) is 3.21. The first-order valence-corrected chi connectivity index (χ1v) is 7.12. The van der Waals surface area contributed by atoms with E-state index in [9.17, 15) is 14.4 Å². The number of nitrogens with one attached hydrogen (secondary N) is 2. The van der Waals surface area contributed by atoms with Crippen LogP contribution >= 0.6 is 0 Å². The predicted molar refractivity (Wildman–Crippen MR) is 75.0 cm³/mol. The lowest BCUT2D eigenvalue weighted by atomic mass is 10.1. The zero-order valence-electron chi connectivity index (χ0n) is 12.4. The number of carbonyl (C=O) groups excluding carboxylic acids is 2. The minimum absolute atomic E-state index is 0.0206. The maximum absolute atomic E-state index is 11.7. The molecule has 3 amide bonds. The van der Waals surface area contributed by atoms with Crippen molar-refractivity contribution >= 4 is 18.1 Å². The van der Waals surface area contributed by atoms with Crippen molar-refractivity contribution in [3.63, 3.8) is 0 Å². The van der Waals surface area contributed by atoms with Crippen LogP contribution in [-0.4, -0.2) is 59.9 Å². The molecule has 0 aromatic carbocycles. The summed E-state index contributed by atoms with van der Waals surface area (Å²) in [5, 5.41) is 14.0. The van der Waals surface area contributed by atoms with Gasteiger partial charge in [-0.1, -0.05) is 0 Å². The van der Waals surface area contributed by atoms with Crippen molar-refractivity contribution < 1.29 is 24.2 Å². The molecule has 1 unspecified atom stereocenters. The summed E-state index contributed by atoms with van der Waals surface area (Å²) in [6, 6.07) is -0.826. The van der Waals surface area contributed by atoms with Gasteiger partial charge in [0.2, 0.25) is 0 Å². The molecule has 1 rings (SSSR count). The van der Waals surface area contributed by atoms with Crippen molar-refractivity contribution in [1.29, 1.82) is 0 Å². The summed E-state index contributed by atoms with van der Waals surface area (Å²) in [4.78, 5) is 35.4. The number of nitrogens with zero attached hydrogens (tertiary/aromatic N) is 1. The fraction of sp³-hybridized carbons (Fsp3) is 0.769. The molecule has 0 aromatic rings. The number of amides is 3. The van der Waals surface area contributed by atoms with Gasteiger partial charge < -0.3 is 25.4 Å². The Morgan fingerprint density at radius 3 is 2.48 bits per heavy atom. The first-order valence-electron chi connectivity index (χ1n) is 7.12. The molecular formula is C13H23N3O5. The Morgan fingerprint density at radius 2 is 1.95 bits per heavy atom. The number of urea groups is 1. The van der Waals surface area contributed by atoms with E-state index < -0.39 is 12.0 Å². The number of carboxylic acids is 1. The number of likely N-dealkylation sites (tertiary alicyclic amines) is 1. The van der Waals surface area contributed by atoms with Crippen LogP contribution in [0.25, 0.3) is 0 Å². The molecule has 120 valence electrons. The summed E-state index contributed by atoms with van der Waals surface area (Å²) in [6.45, 7) is 4.82. The van der Waals surface area contributed by atoms with E-state index in [4.69, 9.17) is 9.84 Å². The number of rotatable bonds is 5. The largest absolute Gasteiger partial charge is 0.481 e. The second-order valence-electron chi connectivity index (χ2n) is 5.08. The molecule has 0 saturated carbocycles. The van der Waals surface area contributed by atoms with Crippen LogP contribution in [0.4, 0.5) is 9.59 Å². The van der Waals surface area contributed by atoms with Crippen LogP contribution in [-0.2, 0) is 9.53 Å². The first kappa shape index (κ1) is 17.1. The first-order chi connectivity index (χ1) is 9.92. The summed E-state index contributed by atoms with van der Waals surface area (Å²) in [5.41, 5.74) is 0. The van der Waals surface area contributed by atoms with Crippen LogP contribution < -0.4 is 10.6 Å². The predicted octanol–water partition coefficient (Wildman–Crippen LogP) is 0.770. The Balaban J connectivity index is 2.27. The zero-order valence-corrected chi connectivity index (χ0v) is 12.4. The highest BCUT2D eigenvalue weighted by Gasteiger charge is 2.24. The van der Waals surface area contributed by atoms with E-state index in [-0.39, 0.29) is 24.6 Å². The SMILES string of the molecule is CCOC(=O)N1CCC(NC(=O)NC(C)CC(=O)O)CC1.